The summed E-state index contributed by atoms with van der Waals surface area (Å²) in [5, 5.41) is 1.93. The van der Waals surface area contributed by atoms with Gasteiger partial charge in [-0.1, -0.05) is 35.9 Å². The van der Waals surface area contributed by atoms with E-state index in [0.29, 0.717) is 6.54 Å². The molecule has 0 bridgehead atoms. The van der Waals surface area contributed by atoms with Crippen LogP contribution in [0.4, 0.5) is 0 Å². The molecule has 0 unspecified atom stereocenters. The van der Waals surface area contributed by atoms with E-state index in [-0.39, 0.29) is 5.75 Å². The molecule has 1 aromatic carbocycles. The lowest BCUT2D eigenvalue weighted by Gasteiger charge is -2.06. The average Bonchev–Trinajstić information content (AvgIpc) is 2.78. The molecule has 5 heteroatoms. The SMILES string of the molecule is Cc1cccc(CS(=O)(=O)NCc2cccs2)c1. The van der Waals surface area contributed by atoms with E-state index >= 15 is 0 Å². The Morgan fingerprint density at radius 1 is 1.22 bits per heavy atom. The van der Waals surface area contributed by atoms with E-state index in [9.17, 15) is 8.42 Å². The number of thiophene rings is 1. The van der Waals surface area contributed by atoms with Crippen molar-refractivity contribution in [3.05, 3.63) is 57.8 Å². The molecule has 0 aliphatic heterocycles. The van der Waals surface area contributed by atoms with E-state index < -0.39 is 10.0 Å². The fourth-order valence-corrected chi connectivity index (χ4v) is 3.50. The second kappa shape index (κ2) is 5.65. The Morgan fingerprint density at radius 3 is 2.72 bits per heavy atom. The van der Waals surface area contributed by atoms with Crippen molar-refractivity contribution in [3.8, 4) is 0 Å². The van der Waals surface area contributed by atoms with Crippen LogP contribution in [-0.2, 0) is 22.3 Å². The number of nitrogens with one attached hydrogen (secondary N) is 1. The maximum atomic E-state index is 11.9. The largest absolute Gasteiger partial charge is 0.216 e. The van der Waals surface area contributed by atoms with E-state index in [1.54, 1.807) is 11.3 Å². The highest BCUT2D eigenvalue weighted by atomic mass is 32.2. The molecule has 0 saturated carbocycles. The van der Waals surface area contributed by atoms with Gasteiger partial charge >= 0.3 is 0 Å². The number of benzene rings is 1. The molecule has 0 spiro atoms. The summed E-state index contributed by atoms with van der Waals surface area (Å²) in [6.45, 7) is 2.32. The Labute approximate surface area is 112 Å². The van der Waals surface area contributed by atoms with Gasteiger partial charge in [-0.15, -0.1) is 11.3 Å². The lowest BCUT2D eigenvalue weighted by molar-refractivity contribution is 0.581. The van der Waals surface area contributed by atoms with Crippen molar-refractivity contribution < 1.29 is 8.42 Å². The molecule has 0 radical (unpaired) electrons. The van der Waals surface area contributed by atoms with Gasteiger partial charge in [0.1, 0.15) is 0 Å². The molecule has 96 valence electrons. The summed E-state index contributed by atoms with van der Waals surface area (Å²) < 4.78 is 26.4. The molecule has 0 aliphatic rings. The molecule has 0 fully saturated rings. The summed E-state index contributed by atoms with van der Waals surface area (Å²) in [5.74, 6) is 0.0278. The van der Waals surface area contributed by atoms with Gasteiger partial charge in [0.05, 0.1) is 5.75 Å². The third-order valence-corrected chi connectivity index (χ3v) is 4.66. The van der Waals surface area contributed by atoms with Crippen molar-refractivity contribution in [1.82, 2.24) is 4.72 Å². The van der Waals surface area contributed by atoms with E-state index in [1.807, 2.05) is 48.7 Å². The molecule has 0 aliphatic carbocycles. The standard InChI is InChI=1S/C13H15NO2S2/c1-11-4-2-5-12(8-11)10-18(15,16)14-9-13-6-3-7-17-13/h2-8,14H,9-10H2,1H3. The van der Waals surface area contributed by atoms with Crippen molar-refractivity contribution in [1.29, 1.82) is 0 Å². The normalized spacial score (nSPS) is 11.6. The minimum absolute atomic E-state index is 0.0278. The minimum Gasteiger partial charge on any atom is -0.212 e. The summed E-state index contributed by atoms with van der Waals surface area (Å²) in [7, 11) is -3.27. The second-order valence-electron chi connectivity index (χ2n) is 4.15. The molecular weight excluding hydrogens is 266 g/mol. The maximum absolute atomic E-state index is 11.9. The molecule has 1 aromatic heterocycles. The fourth-order valence-electron chi connectivity index (χ4n) is 1.67. The van der Waals surface area contributed by atoms with Crippen LogP contribution in [0.1, 0.15) is 16.0 Å². The van der Waals surface area contributed by atoms with Crippen LogP contribution in [0, 0.1) is 6.92 Å². The first-order valence-corrected chi connectivity index (χ1v) is 8.14. The van der Waals surface area contributed by atoms with Gasteiger partial charge in [0.2, 0.25) is 10.0 Å². The zero-order valence-corrected chi connectivity index (χ0v) is 11.7. The topological polar surface area (TPSA) is 46.2 Å². The molecule has 2 rings (SSSR count). The Balaban J connectivity index is 1.99. The molecule has 0 amide bonds. The van der Waals surface area contributed by atoms with Gasteiger partial charge in [-0.2, -0.15) is 0 Å². The third-order valence-electron chi connectivity index (χ3n) is 2.49. The Bertz CT molecular complexity index is 604. The summed E-state index contributed by atoms with van der Waals surface area (Å²) in [5.41, 5.74) is 1.88. The third kappa shape index (κ3) is 3.94. The second-order valence-corrected chi connectivity index (χ2v) is 6.99. The predicted octanol–water partition coefficient (Wildman–Crippen LogP) is 2.68. The monoisotopic (exact) mass is 281 g/mol. The summed E-state index contributed by atoms with van der Waals surface area (Å²) >= 11 is 1.55. The van der Waals surface area contributed by atoms with Crippen molar-refractivity contribution in [2.45, 2.75) is 19.2 Å². The van der Waals surface area contributed by atoms with Crippen LogP contribution in [0.25, 0.3) is 0 Å². The quantitative estimate of drug-likeness (QED) is 0.916. The molecule has 1 heterocycles. The zero-order valence-electron chi connectivity index (χ0n) is 10.1. The summed E-state index contributed by atoms with van der Waals surface area (Å²) in [4.78, 5) is 1.02. The number of sulfonamides is 1. The number of aryl methyl sites for hydroxylation is 1. The van der Waals surface area contributed by atoms with Crippen molar-refractivity contribution in [2.24, 2.45) is 0 Å². The van der Waals surface area contributed by atoms with Crippen LogP contribution in [0.2, 0.25) is 0 Å². The van der Waals surface area contributed by atoms with E-state index in [1.165, 1.54) is 0 Å². The van der Waals surface area contributed by atoms with Gasteiger partial charge in [0.25, 0.3) is 0 Å². The van der Waals surface area contributed by atoms with E-state index in [2.05, 4.69) is 4.72 Å². The van der Waals surface area contributed by atoms with Crippen LogP contribution in [0.15, 0.2) is 41.8 Å². The smallest absolute Gasteiger partial charge is 0.212 e. The van der Waals surface area contributed by atoms with E-state index in [4.69, 9.17) is 0 Å². The van der Waals surface area contributed by atoms with Gasteiger partial charge in [-0.3, -0.25) is 0 Å². The van der Waals surface area contributed by atoms with Crippen LogP contribution < -0.4 is 4.72 Å². The van der Waals surface area contributed by atoms with E-state index in [0.717, 1.165) is 16.0 Å². The molecular formula is C13H15NO2S2. The van der Waals surface area contributed by atoms with Crippen LogP contribution in [0.3, 0.4) is 0 Å². The van der Waals surface area contributed by atoms with Crippen molar-refractivity contribution in [2.75, 3.05) is 0 Å². The molecule has 3 nitrogen and oxygen atoms in total. The highest BCUT2D eigenvalue weighted by Crippen LogP contribution is 2.11. The maximum Gasteiger partial charge on any atom is 0.216 e. The molecule has 0 saturated heterocycles. The van der Waals surface area contributed by atoms with Gasteiger partial charge in [0, 0.05) is 11.4 Å². The van der Waals surface area contributed by atoms with Crippen molar-refractivity contribution >= 4 is 21.4 Å². The fraction of sp³-hybridized carbons (Fsp3) is 0.231. The summed E-state index contributed by atoms with van der Waals surface area (Å²) in [6.07, 6.45) is 0. The molecule has 0 atom stereocenters. The minimum atomic E-state index is -3.27. The van der Waals surface area contributed by atoms with Gasteiger partial charge in [0.15, 0.2) is 0 Å². The Morgan fingerprint density at radius 2 is 2.06 bits per heavy atom. The molecule has 1 N–H and O–H groups in total. The van der Waals surface area contributed by atoms with Gasteiger partial charge in [-0.25, -0.2) is 13.1 Å². The van der Waals surface area contributed by atoms with Gasteiger partial charge < -0.3 is 0 Å². The zero-order chi connectivity index (χ0) is 13.0. The lowest BCUT2D eigenvalue weighted by atomic mass is 10.2. The first kappa shape index (κ1) is 13.3. The molecule has 2 aromatic rings. The first-order valence-electron chi connectivity index (χ1n) is 5.60. The van der Waals surface area contributed by atoms with Crippen LogP contribution >= 0.6 is 11.3 Å². The number of hydrogen-bond acceptors (Lipinski definition) is 3. The number of hydrogen-bond donors (Lipinski definition) is 1. The average molecular weight is 281 g/mol. The highest BCUT2D eigenvalue weighted by molar-refractivity contribution is 7.88. The van der Waals surface area contributed by atoms with Crippen LogP contribution in [0.5, 0.6) is 0 Å². The van der Waals surface area contributed by atoms with Gasteiger partial charge in [-0.05, 0) is 23.9 Å². The predicted molar refractivity (Wildman–Crippen MR) is 75.0 cm³/mol. The van der Waals surface area contributed by atoms with Crippen LogP contribution in [-0.4, -0.2) is 8.42 Å². The molecule has 18 heavy (non-hydrogen) atoms. The summed E-state index contributed by atoms with van der Waals surface area (Å²) in [6, 6.07) is 11.4. The first-order chi connectivity index (χ1) is 8.55. The Hall–Kier alpha value is -1.17. The Kier molecular flexibility index (Phi) is 4.16. The highest BCUT2D eigenvalue weighted by Gasteiger charge is 2.11. The lowest BCUT2D eigenvalue weighted by Crippen LogP contribution is -2.24. The van der Waals surface area contributed by atoms with Crippen molar-refractivity contribution in [3.63, 3.8) is 0 Å². The number of rotatable bonds is 5.